The fourth-order valence-corrected chi connectivity index (χ4v) is 3.85. The molecule has 1 aromatic carbocycles. The zero-order chi connectivity index (χ0) is 24.1. The summed E-state index contributed by atoms with van der Waals surface area (Å²) in [6.45, 7) is 4.42. The molecule has 1 fully saturated rings. The minimum atomic E-state index is -0.0885. The van der Waals surface area contributed by atoms with Crippen LogP contribution in [-0.2, 0) is 0 Å². The van der Waals surface area contributed by atoms with Crippen LogP contribution in [0.25, 0.3) is 0 Å². The predicted octanol–water partition coefficient (Wildman–Crippen LogP) is 2.91. The zero-order valence-electron chi connectivity index (χ0n) is 19.7. The number of aryl methyl sites for hydroxylation is 1. The smallest absolute Gasteiger partial charge is 0.254 e. The van der Waals surface area contributed by atoms with Gasteiger partial charge in [-0.25, -0.2) is 15.0 Å². The Morgan fingerprint density at radius 3 is 2.18 bits per heavy atom. The summed E-state index contributed by atoms with van der Waals surface area (Å²) in [5.74, 6) is 3.46. The van der Waals surface area contributed by atoms with Crippen LogP contribution in [0.5, 0.6) is 17.2 Å². The number of carbonyl (C=O) groups is 1. The summed E-state index contributed by atoms with van der Waals surface area (Å²) >= 11 is 0. The number of nitrogens with one attached hydrogen (secondary N) is 1. The number of ether oxygens (including phenoxy) is 3. The number of benzene rings is 1. The van der Waals surface area contributed by atoms with Crippen molar-refractivity contribution in [3.05, 3.63) is 54.0 Å². The van der Waals surface area contributed by atoms with Gasteiger partial charge in [0, 0.05) is 44.0 Å². The minimum absolute atomic E-state index is 0.0885. The van der Waals surface area contributed by atoms with E-state index in [1.807, 2.05) is 30.0 Å². The van der Waals surface area contributed by atoms with E-state index in [-0.39, 0.29) is 5.91 Å². The maximum atomic E-state index is 13.2. The van der Waals surface area contributed by atoms with E-state index in [2.05, 4.69) is 25.2 Å². The van der Waals surface area contributed by atoms with Gasteiger partial charge in [-0.15, -0.1) is 0 Å². The Morgan fingerprint density at radius 2 is 1.56 bits per heavy atom. The van der Waals surface area contributed by atoms with Crippen molar-refractivity contribution in [1.29, 1.82) is 0 Å². The Hall–Kier alpha value is -4.08. The Labute approximate surface area is 198 Å². The number of aromatic nitrogens is 3. The van der Waals surface area contributed by atoms with Gasteiger partial charge < -0.3 is 29.3 Å². The molecule has 3 heterocycles. The van der Waals surface area contributed by atoms with Gasteiger partial charge in [0.25, 0.3) is 5.91 Å². The normalized spacial score (nSPS) is 13.4. The van der Waals surface area contributed by atoms with E-state index in [1.54, 1.807) is 18.3 Å². The molecule has 1 N–H and O–H groups in total. The van der Waals surface area contributed by atoms with E-state index in [9.17, 15) is 4.79 Å². The highest BCUT2D eigenvalue weighted by molar-refractivity contribution is 5.95. The zero-order valence-corrected chi connectivity index (χ0v) is 19.7. The van der Waals surface area contributed by atoms with E-state index in [0.717, 1.165) is 17.2 Å². The summed E-state index contributed by atoms with van der Waals surface area (Å²) in [5, 5.41) is 3.22. The molecule has 3 aromatic rings. The van der Waals surface area contributed by atoms with E-state index in [4.69, 9.17) is 14.2 Å². The third-order valence-corrected chi connectivity index (χ3v) is 5.63. The van der Waals surface area contributed by atoms with E-state index in [1.165, 1.54) is 27.7 Å². The first-order valence-electron chi connectivity index (χ1n) is 10.9. The van der Waals surface area contributed by atoms with Crippen molar-refractivity contribution in [2.75, 3.05) is 57.7 Å². The molecule has 0 saturated carbocycles. The second-order valence-corrected chi connectivity index (χ2v) is 7.80. The topological polar surface area (TPSA) is 102 Å². The molecule has 0 aliphatic carbocycles. The van der Waals surface area contributed by atoms with Crippen molar-refractivity contribution >= 4 is 23.4 Å². The number of pyridine rings is 1. The lowest BCUT2D eigenvalue weighted by Crippen LogP contribution is -2.49. The van der Waals surface area contributed by atoms with Gasteiger partial charge in [0.05, 0.1) is 21.3 Å². The fraction of sp³-hybridized carbons (Fsp3) is 0.333. The molecule has 0 atom stereocenters. The molecule has 0 bridgehead atoms. The summed E-state index contributed by atoms with van der Waals surface area (Å²) < 4.78 is 16.1. The van der Waals surface area contributed by atoms with Gasteiger partial charge in [0.1, 0.15) is 23.8 Å². The molecular weight excluding hydrogens is 436 g/mol. The van der Waals surface area contributed by atoms with Crippen LogP contribution in [0.1, 0.15) is 15.9 Å². The average Bonchev–Trinajstić information content (AvgIpc) is 2.87. The standard InChI is InChI=1S/C24H28N6O4/c1-16-5-6-25-20(11-16)28-21-14-22(27-15-26-21)29-7-9-30(10-8-29)24(31)17-12-18(32-2)23(34-4)19(13-17)33-3/h5-6,11-15H,7-10H2,1-4H3,(H,25,26,27,28). The highest BCUT2D eigenvalue weighted by atomic mass is 16.5. The Morgan fingerprint density at radius 1 is 0.882 bits per heavy atom. The van der Waals surface area contributed by atoms with Crippen LogP contribution in [-0.4, -0.2) is 73.3 Å². The molecule has 0 unspecified atom stereocenters. The van der Waals surface area contributed by atoms with Crippen molar-refractivity contribution < 1.29 is 19.0 Å². The summed E-state index contributed by atoms with van der Waals surface area (Å²) in [6.07, 6.45) is 3.28. The van der Waals surface area contributed by atoms with Crippen LogP contribution in [0.15, 0.2) is 42.9 Å². The van der Waals surface area contributed by atoms with Crippen molar-refractivity contribution in [3.8, 4) is 17.2 Å². The average molecular weight is 465 g/mol. The van der Waals surface area contributed by atoms with E-state index in [0.29, 0.717) is 54.8 Å². The van der Waals surface area contributed by atoms with Gasteiger partial charge in [-0.05, 0) is 36.8 Å². The molecule has 10 nitrogen and oxygen atoms in total. The molecule has 1 amide bonds. The molecule has 1 saturated heterocycles. The maximum Gasteiger partial charge on any atom is 0.254 e. The largest absolute Gasteiger partial charge is 0.493 e. The summed E-state index contributed by atoms with van der Waals surface area (Å²) in [4.78, 5) is 30.2. The van der Waals surface area contributed by atoms with Crippen molar-refractivity contribution in [2.45, 2.75) is 6.92 Å². The first-order valence-corrected chi connectivity index (χ1v) is 10.9. The highest BCUT2D eigenvalue weighted by Gasteiger charge is 2.25. The number of methoxy groups -OCH3 is 3. The SMILES string of the molecule is COc1cc(C(=O)N2CCN(c3cc(Nc4cc(C)ccn4)ncn3)CC2)cc(OC)c1OC. The molecule has 178 valence electrons. The molecule has 2 aromatic heterocycles. The van der Waals surface area contributed by atoms with Gasteiger partial charge in [0.15, 0.2) is 11.5 Å². The summed E-state index contributed by atoms with van der Waals surface area (Å²) in [7, 11) is 4.60. The maximum absolute atomic E-state index is 13.2. The van der Waals surface area contributed by atoms with Crippen LogP contribution in [0.3, 0.4) is 0 Å². The Balaban J connectivity index is 1.43. The van der Waals surface area contributed by atoms with Gasteiger partial charge in [-0.3, -0.25) is 4.79 Å². The molecule has 4 rings (SSSR count). The second-order valence-electron chi connectivity index (χ2n) is 7.80. The molecule has 34 heavy (non-hydrogen) atoms. The minimum Gasteiger partial charge on any atom is -0.493 e. The molecule has 10 heteroatoms. The van der Waals surface area contributed by atoms with Crippen molar-refractivity contribution in [3.63, 3.8) is 0 Å². The van der Waals surface area contributed by atoms with E-state index >= 15 is 0 Å². The highest BCUT2D eigenvalue weighted by Crippen LogP contribution is 2.38. The van der Waals surface area contributed by atoms with Crippen LogP contribution >= 0.6 is 0 Å². The first kappa shape index (κ1) is 23.1. The predicted molar refractivity (Wildman–Crippen MR) is 129 cm³/mol. The molecule has 1 aliphatic rings. The van der Waals surface area contributed by atoms with E-state index < -0.39 is 0 Å². The lowest BCUT2D eigenvalue weighted by molar-refractivity contribution is 0.0745. The van der Waals surface area contributed by atoms with Crippen LogP contribution in [0.2, 0.25) is 0 Å². The lowest BCUT2D eigenvalue weighted by atomic mass is 10.1. The fourth-order valence-electron chi connectivity index (χ4n) is 3.85. The monoisotopic (exact) mass is 464 g/mol. The Kier molecular flexibility index (Phi) is 6.95. The van der Waals surface area contributed by atoms with Gasteiger partial charge >= 0.3 is 0 Å². The summed E-state index contributed by atoms with van der Waals surface area (Å²) in [5.41, 5.74) is 1.60. The van der Waals surface area contributed by atoms with Crippen LogP contribution < -0.4 is 24.4 Å². The number of hydrogen-bond acceptors (Lipinski definition) is 9. The number of amides is 1. The molecule has 0 radical (unpaired) electrons. The lowest BCUT2D eigenvalue weighted by Gasteiger charge is -2.35. The van der Waals surface area contributed by atoms with Gasteiger partial charge in [-0.2, -0.15) is 0 Å². The van der Waals surface area contributed by atoms with Gasteiger partial charge in [0.2, 0.25) is 5.75 Å². The number of piperazine rings is 1. The third-order valence-electron chi connectivity index (χ3n) is 5.63. The molecule has 1 aliphatic heterocycles. The number of rotatable bonds is 7. The number of anilines is 3. The van der Waals surface area contributed by atoms with Crippen molar-refractivity contribution in [2.24, 2.45) is 0 Å². The quantitative estimate of drug-likeness (QED) is 0.565. The number of carbonyl (C=O) groups excluding carboxylic acids is 1. The number of nitrogens with zero attached hydrogens (tertiary/aromatic N) is 5. The van der Waals surface area contributed by atoms with Crippen LogP contribution in [0, 0.1) is 6.92 Å². The molecule has 0 spiro atoms. The van der Waals surface area contributed by atoms with Crippen LogP contribution in [0.4, 0.5) is 17.5 Å². The molecular formula is C24H28N6O4. The second kappa shape index (κ2) is 10.2. The van der Waals surface area contributed by atoms with Gasteiger partial charge in [-0.1, -0.05) is 0 Å². The summed E-state index contributed by atoms with van der Waals surface area (Å²) in [6, 6.07) is 9.14. The number of hydrogen-bond donors (Lipinski definition) is 1. The Bertz CT molecular complexity index is 1140. The van der Waals surface area contributed by atoms with Crippen molar-refractivity contribution in [1.82, 2.24) is 19.9 Å². The third kappa shape index (κ3) is 4.95. The first-order chi connectivity index (χ1) is 16.5.